The Bertz CT molecular complexity index is 395. The van der Waals surface area contributed by atoms with E-state index in [1.54, 1.807) is 6.20 Å². The molecule has 4 nitrogen and oxygen atoms in total. The average Bonchev–Trinajstić information content (AvgIpc) is 2.47. The molecule has 1 N–H and O–H groups in total. The van der Waals surface area contributed by atoms with E-state index in [1.807, 2.05) is 30.1 Å². The summed E-state index contributed by atoms with van der Waals surface area (Å²) < 4.78 is 0. The van der Waals surface area contributed by atoms with E-state index in [2.05, 4.69) is 10.3 Å². The molecule has 1 aliphatic heterocycles. The van der Waals surface area contributed by atoms with Crippen molar-refractivity contribution < 1.29 is 4.79 Å². The van der Waals surface area contributed by atoms with Gasteiger partial charge in [-0.1, -0.05) is 6.07 Å². The van der Waals surface area contributed by atoms with Gasteiger partial charge in [-0.05, 0) is 50.9 Å². The highest BCUT2D eigenvalue weighted by atomic mass is 35.5. The monoisotopic (exact) mass is 333 g/mol. The van der Waals surface area contributed by atoms with Gasteiger partial charge in [-0.15, -0.1) is 24.8 Å². The number of piperidine rings is 1. The van der Waals surface area contributed by atoms with Crippen LogP contribution in [-0.2, 0) is 11.2 Å². The quantitative estimate of drug-likeness (QED) is 0.899. The second-order valence-corrected chi connectivity index (χ2v) is 5.20. The lowest BCUT2D eigenvalue weighted by Crippen LogP contribution is -2.40. The summed E-state index contributed by atoms with van der Waals surface area (Å²) in [6.07, 6.45) is 5.35. The lowest BCUT2D eigenvalue weighted by molar-refractivity contribution is -0.132. The molecule has 0 aliphatic carbocycles. The minimum atomic E-state index is 0. The number of aromatic nitrogens is 1. The SMILES string of the molecule is CNCC1CCN(C(=O)CCc2ccccn2)CC1.Cl.Cl. The molecular formula is C15H25Cl2N3O. The average molecular weight is 334 g/mol. The normalized spacial score (nSPS) is 15.0. The number of hydrogen-bond donors (Lipinski definition) is 1. The molecule has 1 aliphatic rings. The van der Waals surface area contributed by atoms with Gasteiger partial charge in [0.05, 0.1) is 0 Å². The van der Waals surface area contributed by atoms with E-state index >= 15 is 0 Å². The van der Waals surface area contributed by atoms with Gasteiger partial charge < -0.3 is 10.2 Å². The van der Waals surface area contributed by atoms with Gasteiger partial charge in [0.15, 0.2) is 0 Å². The highest BCUT2D eigenvalue weighted by molar-refractivity contribution is 5.85. The van der Waals surface area contributed by atoms with E-state index in [-0.39, 0.29) is 30.7 Å². The maximum Gasteiger partial charge on any atom is 0.222 e. The van der Waals surface area contributed by atoms with Gasteiger partial charge in [-0.2, -0.15) is 0 Å². The Balaban J connectivity index is 0.00000200. The molecular weight excluding hydrogens is 309 g/mol. The Morgan fingerprint density at radius 2 is 2.05 bits per heavy atom. The van der Waals surface area contributed by atoms with E-state index in [4.69, 9.17) is 0 Å². The zero-order chi connectivity index (χ0) is 13.5. The first-order valence-electron chi connectivity index (χ1n) is 7.12. The van der Waals surface area contributed by atoms with Crippen LogP contribution in [0.15, 0.2) is 24.4 Å². The van der Waals surface area contributed by atoms with E-state index in [0.717, 1.165) is 50.5 Å². The van der Waals surface area contributed by atoms with Gasteiger partial charge in [-0.25, -0.2) is 0 Å². The minimum Gasteiger partial charge on any atom is -0.343 e. The third-order valence-electron chi connectivity index (χ3n) is 3.78. The number of carbonyl (C=O) groups is 1. The van der Waals surface area contributed by atoms with Gasteiger partial charge in [0.25, 0.3) is 0 Å². The van der Waals surface area contributed by atoms with Crippen LogP contribution in [0.4, 0.5) is 0 Å². The molecule has 1 aromatic heterocycles. The molecule has 0 atom stereocenters. The molecule has 0 spiro atoms. The van der Waals surface area contributed by atoms with Crippen LogP contribution in [0.2, 0.25) is 0 Å². The van der Waals surface area contributed by atoms with E-state index < -0.39 is 0 Å². The molecule has 0 aromatic carbocycles. The Morgan fingerprint density at radius 1 is 1.33 bits per heavy atom. The van der Waals surface area contributed by atoms with Crippen molar-refractivity contribution in [3.63, 3.8) is 0 Å². The minimum absolute atomic E-state index is 0. The molecule has 1 fully saturated rings. The van der Waals surface area contributed by atoms with E-state index in [9.17, 15) is 4.79 Å². The summed E-state index contributed by atoms with van der Waals surface area (Å²) in [4.78, 5) is 18.4. The van der Waals surface area contributed by atoms with Crippen LogP contribution < -0.4 is 5.32 Å². The fourth-order valence-corrected chi connectivity index (χ4v) is 2.61. The fourth-order valence-electron chi connectivity index (χ4n) is 2.61. The number of amides is 1. The van der Waals surface area contributed by atoms with Crippen LogP contribution in [0.5, 0.6) is 0 Å². The van der Waals surface area contributed by atoms with E-state index in [0.29, 0.717) is 6.42 Å². The molecule has 0 saturated carbocycles. The Kier molecular flexibility index (Phi) is 10.4. The van der Waals surface area contributed by atoms with Crippen LogP contribution in [-0.4, -0.2) is 42.5 Å². The van der Waals surface area contributed by atoms with Gasteiger partial charge in [-0.3, -0.25) is 9.78 Å². The Morgan fingerprint density at radius 3 is 2.62 bits per heavy atom. The third-order valence-corrected chi connectivity index (χ3v) is 3.78. The number of hydrogen-bond acceptors (Lipinski definition) is 3. The first kappa shape index (κ1) is 20.2. The predicted molar refractivity (Wildman–Crippen MR) is 90.3 cm³/mol. The number of aryl methyl sites for hydroxylation is 1. The van der Waals surface area contributed by atoms with Crippen molar-refractivity contribution in [3.8, 4) is 0 Å². The molecule has 21 heavy (non-hydrogen) atoms. The molecule has 0 radical (unpaired) electrons. The number of rotatable bonds is 5. The summed E-state index contributed by atoms with van der Waals surface area (Å²) in [5.41, 5.74) is 1.00. The molecule has 6 heteroatoms. The molecule has 2 rings (SSSR count). The van der Waals surface area contributed by atoms with Gasteiger partial charge >= 0.3 is 0 Å². The van der Waals surface area contributed by atoms with Crippen molar-refractivity contribution >= 4 is 30.7 Å². The summed E-state index contributed by atoms with van der Waals surface area (Å²) >= 11 is 0. The lowest BCUT2D eigenvalue weighted by atomic mass is 9.96. The van der Waals surface area contributed by atoms with Crippen molar-refractivity contribution in [2.24, 2.45) is 5.92 Å². The highest BCUT2D eigenvalue weighted by Crippen LogP contribution is 2.17. The lowest BCUT2D eigenvalue weighted by Gasteiger charge is -2.32. The first-order chi connectivity index (χ1) is 9.29. The molecule has 1 saturated heterocycles. The summed E-state index contributed by atoms with van der Waals surface area (Å²) in [7, 11) is 1.99. The topological polar surface area (TPSA) is 45.2 Å². The van der Waals surface area contributed by atoms with Crippen LogP contribution >= 0.6 is 24.8 Å². The van der Waals surface area contributed by atoms with Gasteiger partial charge in [0, 0.05) is 31.4 Å². The zero-order valence-electron chi connectivity index (χ0n) is 12.5. The maximum atomic E-state index is 12.1. The van der Waals surface area contributed by atoms with Crippen LogP contribution in [0.3, 0.4) is 0 Å². The second kappa shape index (κ2) is 10.8. The predicted octanol–water partition coefficient (Wildman–Crippen LogP) is 2.32. The summed E-state index contributed by atoms with van der Waals surface area (Å²) in [5, 5.41) is 3.22. The van der Waals surface area contributed by atoms with E-state index in [1.165, 1.54) is 0 Å². The molecule has 2 heterocycles. The molecule has 0 bridgehead atoms. The van der Waals surface area contributed by atoms with Crippen molar-refractivity contribution in [1.82, 2.24) is 15.2 Å². The number of halogens is 2. The number of nitrogens with one attached hydrogen (secondary N) is 1. The molecule has 1 amide bonds. The maximum absolute atomic E-state index is 12.1. The van der Waals surface area contributed by atoms with Crippen molar-refractivity contribution in [2.45, 2.75) is 25.7 Å². The fraction of sp³-hybridized carbons (Fsp3) is 0.600. The first-order valence-corrected chi connectivity index (χ1v) is 7.12. The number of nitrogens with zero attached hydrogens (tertiary/aromatic N) is 2. The summed E-state index contributed by atoms with van der Waals surface area (Å²) in [6, 6.07) is 5.85. The highest BCUT2D eigenvalue weighted by Gasteiger charge is 2.21. The van der Waals surface area contributed by atoms with Gasteiger partial charge in [0.2, 0.25) is 5.91 Å². The number of pyridine rings is 1. The smallest absolute Gasteiger partial charge is 0.222 e. The number of likely N-dealkylation sites (tertiary alicyclic amines) is 1. The Labute approximate surface area is 139 Å². The van der Waals surface area contributed by atoms with Crippen LogP contribution in [0, 0.1) is 5.92 Å². The van der Waals surface area contributed by atoms with Crippen molar-refractivity contribution in [1.29, 1.82) is 0 Å². The standard InChI is InChI=1S/C15H23N3O.2ClH/c1-16-12-13-7-10-18(11-8-13)15(19)6-5-14-4-2-3-9-17-14;;/h2-4,9,13,16H,5-8,10-12H2,1H3;2*1H. The van der Waals surface area contributed by atoms with Gasteiger partial charge in [0.1, 0.15) is 0 Å². The summed E-state index contributed by atoms with van der Waals surface area (Å²) in [6.45, 7) is 2.89. The zero-order valence-corrected chi connectivity index (χ0v) is 14.1. The third kappa shape index (κ3) is 6.64. The largest absolute Gasteiger partial charge is 0.343 e. The molecule has 0 unspecified atom stereocenters. The van der Waals surface area contributed by atoms with Crippen molar-refractivity contribution in [2.75, 3.05) is 26.7 Å². The van der Waals surface area contributed by atoms with Crippen LogP contribution in [0.25, 0.3) is 0 Å². The van der Waals surface area contributed by atoms with Crippen LogP contribution in [0.1, 0.15) is 25.0 Å². The number of carbonyl (C=O) groups excluding carboxylic acids is 1. The second-order valence-electron chi connectivity index (χ2n) is 5.20. The molecule has 120 valence electrons. The summed E-state index contributed by atoms with van der Waals surface area (Å²) in [5.74, 6) is 0.999. The Hall–Kier alpha value is -0.840. The van der Waals surface area contributed by atoms with Crippen molar-refractivity contribution in [3.05, 3.63) is 30.1 Å². The molecule has 1 aromatic rings.